The van der Waals surface area contributed by atoms with Gasteiger partial charge in [-0.15, -0.1) is 0 Å². The molecule has 0 aliphatic carbocycles. The van der Waals surface area contributed by atoms with Crippen LogP contribution in [0.15, 0.2) is 0 Å². The molecule has 1 amide bonds. The zero-order chi connectivity index (χ0) is 13.3. The fraction of sp³-hybridized carbons (Fsp3) is 0.923. The van der Waals surface area contributed by atoms with E-state index in [2.05, 4.69) is 12.3 Å². The average Bonchev–Trinajstić information content (AvgIpc) is 2.30. The molecule has 0 spiro atoms. The molecule has 102 valence electrons. The van der Waals surface area contributed by atoms with Crippen LogP contribution >= 0.6 is 0 Å². The summed E-state index contributed by atoms with van der Waals surface area (Å²) in [6.07, 6.45) is 5.56. The smallest absolute Gasteiger partial charge is 0.263 e. The second-order valence-corrected chi connectivity index (χ2v) is 4.97. The molecule has 17 heavy (non-hydrogen) atoms. The van der Waals surface area contributed by atoms with Gasteiger partial charge in [-0.05, 0) is 19.3 Å². The van der Waals surface area contributed by atoms with Crippen LogP contribution in [0.2, 0.25) is 0 Å². The predicted octanol–water partition coefficient (Wildman–Crippen LogP) is 2.38. The van der Waals surface area contributed by atoms with Crippen LogP contribution in [0.4, 0.5) is 0 Å². The van der Waals surface area contributed by atoms with Crippen molar-refractivity contribution in [1.29, 1.82) is 0 Å². The second kappa shape index (κ2) is 9.42. The number of nitrogens with one attached hydrogen (secondary N) is 1. The van der Waals surface area contributed by atoms with E-state index < -0.39 is 6.10 Å². The first-order chi connectivity index (χ1) is 8.02. The highest BCUT2D eigenvalue weighted by Crippen LogP contribution is 2.14. The fourth-order valence-electron chi connectivity index (χ4n) is 1.78. The van der Waals surface area contributed by atoms with Crippen molar-refractivity contribution in [1.82, 2.24) is 5.43 Å². The van der Waals surface area contributed by atoms with E-state index in [-0.39, 0.29) is 17.9 Å². The van der Waals surface area contributed by atoms with Gasteiger partial charge in [0.1, 0.15) is 6.10 Å². The van der Waals surface area contributed by atoms with Crippen LogP contribution in [-0.4, -0.2) is 18.1 Å². The Morgan fingerprint density at radius 2 is 1.88 bits per heavy atom. The Balaban J connectivity index is 3.95. The highest BCUT2D eigenvalue weighted by molar-refractivity contribution is 5.80. The Morgan fingerprint density at radius 1 is 1.24 bits per heavy atom. The van der Waals surface area contributed by atoms with Gasteiger partial charge in [0.25, 0.3) is 5.91 Å². The molecular formula is C13H28N2O2. The van der Waals surface area contributed by atoms with E-state index in [1.54, 1.807) is 0 Å². The molecule has 0 saturated heterocycles. The molecular weight excluding hydrogens is 216 g/mol. The molecule has 0 saturated carbocycles. The highest BCUT2D eigenvalue weighted by atomic mass is 16.5. The quantitative estimate of drug-likeness (QED) is 0.283. The van der Waals surface area contributed by atoms with Crippen LogP contribution in [0.3, 0.4) is 0 Å². The third-order valence-electron chi connectivity index (χ3n) is 2.85. The van der Waals surface area contributed by atoms with Crippen molar-refractivity contribution in [2.45, 2.75) is 72.0 Å². The minimum absolute atomic E-state index is 0.108. The number of amides is 1. The molecule has 0 aromatic rings. The van der Waals surface area contributed by atoms with Gasteiger partial charge in [-0.1, -0.05) is 46.5 Å². The zero-order valence-electron chi connectivity index (χ0n) is 11.7. The fourth-order valence-corrected chi connectivity index (χ4v) is 1.78. The minimum Gasteiger partial charge on any atom is -0.365 e. The standard InChI is InChI=1S/C13H28N2O2/c1-5-6-7-8-9-11(4)17-12(10(2)3)13(16)15-14/h10-12H,5-9,14H2,1-4H3,(H,15,16). The number of carbonyl (C=O) groups excluding carboxylic acids is 1. The van der Waals surface area contributed by atoms with Gasteiger partial charge in [-0.2, -0.15) is 0 Å². The molecule has 2 atom stereocenters. The summed E-state index contributed by atoms with van der Waals surface area (Å²) in [5.41, 5.74) is 2.16. The lowest BCUT2D eigenvalue weighted by molar-refractivity contribution is -0.140. The van der Waals surface area contributed by atoms with Crippen molar-refractivity contribution in [2.75, 3.05) is 0 Å². The van der Waals surface area contributed by atoms with Crippen molar-refractivity contribution in [3.63, 3.8) is 0 Å². The molecule has 0 rings (SSSR count). The Morgan fingerprint density at radius 3 is 2.35 bits per heavy atom. The summed E-state index contributed by atoms with van der Waals surface area (Å²) in [7, 11) is 0. The maximum absolute atomic E-state index is 11.5. The summed E-state index contributed by atoms with van der Waals surface area (Å²) in [6.45, 7) is 8.14. The first-order valence-electron chi connectivity index (χ1n) is 6.68. The van der Waals surface area contributed by atoms with Crippen LogP contribution in [0.1, 0.15) is 59.8 Å². The number of unbranched alkanes of at least 4 members (excludes halogenated alkanes) is 3. The number of hydrazine groups is 1. The first-order valence-corrected chi connectivity index (χ1v) is 6.68. The normalized spacial score (nSPS) is 14.7. The highest BCUT2D eigenvalue weighted by Gasteiger charge is 2.24. The maximum atomic E-state index is 11.5. The van der Waals surface area contributed by atoms with Gasteiger partial charge in [-0.3, -0.25) is 10.2 Å². The van der Waals surface area contributed by atoms with Crippen LogP contribution in [0, 0.1) is 5.92 Å². The van der Waals surface area contributed by atoms with E-state index in [9.17, 15) is 4.79 Å². The molecule has 0 aliphatic rings. The maximum Gasteiger partial charge on any atom is 0.263 e. The van der Waals surface area contributed by atoms with E-state index in [4.69, 9.17) is 10.6 Å². The molecule has 0 aliphatic heterocycles. The summed E-state index contributed by atoms with van der Waals surface area (Å²) in [4.78, 5) is 11.5. The van der Waals surface area contributed by atoms with Gasteiger partial charge >= 0.3 is 0 Å². The van der Waals surface area contributed by atoms with Crippen molar-refractivity contribution >= 4 is 5.91 Å². The monoisotopic (exact) mass is 244 g/mol. The molecule has 3 N–H and O–H groups in total. The average molecular weight is 244 g/mol. The molecule has 0 aromatic heterocycles. The lowest BCUT2D eigenvalue weighted by Gasteiger charge is -2.24. The lowest BCUT2D eigenvalue weighted by Crippen LogP contribution is -2.44. The van der Waals surface area contributed by atoms with Gasteiger partial charge in [0.15, 0.2) is 0 Å². The van der Waals surface area contributed by atoms with Crippen molar-refractivity contribution in [2.24, 2.45) is 11.8 Å². The van der Waals surface area contributed by atoms with E-state index >= 15 is 0 Å². The van der Waals surface area contributed by atoms with E-state index in [0.29, 0.717) is 0 Å². The molecule has 0 fully saturated rings. The summed E-state index contributed by atoms with van der Waals surface area (Å²) in [5, 5.41) is 0. The number of hydrogen-bond donors (Lipinski definition) is 2. The molecule has 0 heterocycles. The topological polar surface area (TPSA) is 64.3 Å². The van der Waals surface area contributed by atoms with Gasteiger partial charge in [-0.25, -0.2) is 5.84 Å². The molecule has 0 radical (unpaired) electrons. The molecule has 0 aromatic carbocycles. The van der Waals surface area contributed by atoms with Crippen LogP contribution in [0.5, 0.6) is 0 Å². The summed E-state index contributed by atoms with van der Waals surface area (Å²) >= 11 is 0. The number of ether oxygens (including phenoxy) is 1. The van der Waals surface area contributed by atoms with Gasteiger partial charge < -0.3 is 4.74 Å². The number of rotatable bonds is 9. The molecule has 0 bridgehead atoms. The second-order valence-electron chi connectivity index (χ2n) is 4.97. The predicted molar refractivity (Wildman–Crippen MR) is 70.3 cm³/mol. The number of hydrogen-bond acceptors (Lipinski definition) is 3. The van der Waals surface area contributed by atoms with Crippen molar-refractivity contribution in [3.05, 3.63) is 0 Å². The van der Waals surface area contributed by atoms with E-state index in [1.165, 1.54) is 19.3 Å². The van der Waals surface area contributed by atoms with E-state index in [0.717, 1.165) is 12.8 Å². The van der Waals surface area contributed by atoms with Crippen molar-refractivity contribution in [3.8, 4) is 0 Å². The van der Waals surface area contributed by atoms with Gasteiger partial charge in [0.2, 0.25) is 0 Å². The summed E-state index contributed by atoms with van der Waals surface area (Å²) in [6, 6.07) is 0. The molecule has 4 heteroatoms. The summed E-state index contributed by atoms with van der Waals surface area (Å²) < 4.78 is 5.75. The van der Waals surface area contributed by atoms with Gasteiger partial charge in [0.05, 0.1) is 6.10 Å². The SMILES string of the molecule is CCCCCCC(C)OC(C(=O)NN)C(C)C. The number of nitrogens with two attached hydrogens (primary N) is 1. The first kappa shape index (κ1) is 16.4. The summed E-state index contributed by atoms with van der Waals surface area (Å²) in [5.74, 6) is 5.05. The lowest BCUT2D eigenvalue weighted by atomic mass is 10.1. The Hall–Kier alpha value is -0.610. The van der Waals surface area contributed by atoms with Crippen molar-refractivity contribution < 1.29 is 9.53 Å². The Bertz CT molecular complexity index is 208. The Kier molecular flexibility index (Phi) is 9.09. The number of carbonyl (C=O) groups is 1. The zero-order valence-corrected chi connectivity index (χ0v) is 11.7. The minimum atomic E-state index is -0.443. The van der Waals surface area contributed by atoms with Crippen LogP contribution in [0.25, 0.3) is 0 Å². The van der Waals surface area contributed by atoms with Crippen LogP contribution in [-0.2, 0) is 9.53 Å². The van der Waals surface area contributed by atoms with Crippen LogP contribution < -0.4 is 11.3 Å². The third-order valence-corrected chi connectivity index (χ3v) is 2.85. The largest absolute Gasteiger partial charge is 0.365 e. The molecule has 4 nitrogen and oxygen atoms in total. The van der Waals surface area contributed by atoms with Gasteiger partial charge in [0, 0.05) is 0 Å². The van der Waals surface area contributed by atoms with E-state index in [1.807, 2.05) is 20.8 Å². The Labute approximate surface area is 105 Å². The molecule has 2 unspecified atom stereocenters. The third kappa shape index (κ3) is 7.34.